The molecule has 0 saturated carbocycles. The van der Waals surface area contributed by atoms with Gasteiger partial charge in [-0.25, -0.2) is 5.43 Å². The molecule has 1 aromatic heterocycles. The maximum atomic E-state index is 12.1. The van der Waals surface area contributed by atoms with Gasteiger partial charge in [-0.3, -0.25) is 4.79 Å². The molecule has 122 valence electrons. The molecule has 3 rings (SSSR count). The second-order valence-electron chi connectivity index (χ2n) is 5.15. The van der Waals surface area contributed by atoms with Gasteiger partial charge in [-0.1, -0.05) is 30.3 Å². The van der Waals surface area contributed by atoms with E-state index in [9.17, 15) is 4.79 Å². The van der Waals surface area contributed by atoms with Crippen molar-refractivity contribution in [2.75, 3.05) is 0 Å². The first-order valence-electron chi connectivity index (χ1n) is 7.35. The maximum Gasteiger partial charge on any atom is 0.280 e. The summed E-state index contributed by atoms with van der Waals surface area (Å²) < 4.78 is 6.72. The molecule has 0 spiro atoms. The Hall–Kier alpha value is -2.18. The second-order valence-corrected chi connectivity index (χ2v) is 7.64. The molecule has 1 N–H and O–H groups in total. The first-order valence-corrected chi connectivity index (χ1v) is 8.96. The Labute approximate surface area is 152 Å². The van der Waals surface area contributed by atoms with E-state index in [4.69, 9.17) is 4.74 Å². The van der Waals surface area contributed by atoms with Crippen LogP contribution in [0, 0.1) is 0 Å². The number of nitrogens with one attached hydrogen (secondary N) is 1. The summed E-state index contributed by atoms with van der Waals surface area (Å²) in [4.78, 5) is 13.0. The van der Waals surface area contributed by atoms with Crippen LogP contribution in [0.1, 0.15) is 11.8 Å². The summed E-state index contributed by atoms with van der Waals surface area (Å²) in [6.07, 6.45) is 0.967. The van der Waals surface area contributed by atoms with Gasteiger partial charge in [0.25, 0.3) is 5.91 Å². The first kappa shape index (κ1) is 16.7. The van der Waals surface area contributed by atoms with Crippen molar-refractivity contribution in [3.63, 3.8) is 0 Å². The number of hydrogen-bond acceptors (Lipinski definition) is 4. The number of hydrogen-bond donors (Lipinski definition) is 1. The van der Waals surface area contributed by atoms with Crippen molar-refractivity contribution in [1.29, 1.82) is 0 Å². The van der Waals surface area contributed by atoms with Crippen molar-refractivity contribution in [2.24, 2.45) is 5.10 Å². The third-order valence-electron chi connectivity index (χ3n) is 3.36. The van der Waals surface area contributed by atoms with E-state index < -0.39 is 6.10 Å². The fourth-order valence-corrected chi connectivity index (χ4v) is 3.44. The van der Waals surface area contributed by atoms with Gasteiger partial charge in [-0.2, -0.15) is 5.10 Å². The molecule has 0 aliphatic rings. The fraction of sp³-hybridized carbons (Fsp3) is 0.111. The van der Waals surface area contributed by atoms with Crippen LogP contribution in [0.4, 0.5) is 0 Å². The van der Waals surface area contributed by atoms with Crippen molar-refractivity contribution >= 4 is 50.2 Å². The summed E-state index contributed by atoms with van der Waals surface area (Å²) >= 11 is 4.92. The monoisotopic (exact) mass is 402 g/mol. The smallest absolute Gasteiger partial charge is 0.280 e. The van der Waals surface area contributed by atoms with Gasteiger partial charge in [-0.15, -0.1) is 11.3 Å². The molecule has 0 bridgehead atoms. The highest BCUT2D eigenvalue weighted by atomic mass is 79.9. The standard InChI is InChI=1S/C18H15BrN2O2S/c1-12(18(22)21-20-11-16-8-9-17(19)24-16)23-15-7-6-13-4-2-3-5-14(13)10-15/h2-12H,1H3,(H,21,22)/b20-11-/t12-/m1/s1. The van der Waals surface area contributed by atoms with Crippen molar-refractivity contribution in [1.82, 2.24) is 5.43 Å². The molecular weight excluding hydrogens is 388 g/mol. The molecule has 4 nitrogen and oxygen atoms in total. The minimum absolute atomic E-state index is 0.296. The van der Waals surface area contributed by atoms with Gasteiger partial charge in [0.2, 0.25) is 0 Å². The van der Waals surface area contributed by atoms with Gasteiger partial charge < -0.3 is 4.74 Å². The van der Waals surface area contributed by atoms with E-state index in [0.717, 1.165) is 19.4 Å². The Kier molecular flexibility index (Phi) is 5.27. The topological polar surface area (TPSA) is 50.7 Å². The van der Waals surface area contributed by atoms with Crippen molar-refractivity contribution < 1.29 is 9.53 Å². The van der Waals surface area contributed by atoms with Crippen LogP contribution in [0.15, 0.2) is 63.5 Å². The molecule has 0 aliphatic carbocycles. The average Bonchev–Trinajstić information content (AvgIpc) is 3.00. The summed E-state index contributed by atoms with van der Waals surface area (Å²) in [5.74, 6) is 0.359. The van der Waals surface area contributed by atoms with Crippen molar-refractivity contribution in [2.45, 2.75) is 13.0 Å². The van der Waals surface area contributed by atoms with Crippen LogP contribution in [-0.4, -0.2) is 18.2 Å². The van der Waals surface area contributed by atoms with Crippen LogP contribution in [0.25, 0.3) is 10.8 Å². The Morgan fingerprint density at radius 2 is 2.00 bits per heavy atom. The number of carbonyl (C=O) groups is 1. The number of rotatable bonds is 5. The number of nitrogens with zero attached hydrogens (tertiary/aromatic N) is 1. The molecule has 0 saturated heterocycles. The van der Waals surface area contributed by atoms with Gasteiger partial charge in [-0.05, 0) is 57.9 Å². The Morgan fingerprint density at radius 1 is 1.21 bits per heavy atom. The van der Waals surface area contributed by atoms with E-state index in [-0.39, 0.29) is 5.91 Å². The zero-order valence-corrected chi connectivity index (χ0v) is 15.3. The SMILES string of the molecule is C[C@@H](Oc1ccc2ccccc2c1)C(=O)N/N=C\c1ccc(Br)s1. The van der Waals surface area contributed by atoms with Crippen molar-refractivity contribution in [3.05, 3.63) is 63.3 Å². The number of thiophene rings is 1. The van der Waals surface area contributed by atoms with Gasteiger partial charge in [0.1, 0.15) is 5.75 Å². The predicted molar refractivity (Wildman–Crippen MR) is 102 cm³/mol. The minimum Gasteiger partial charge on any atom is -0.481 e. The zero-order chi connectivity index (χ0) is 16.9. The highest BCUT2D eigenvalue weighted by Crippen LogP contribution is 2.22. The largest absolute Gasteiger partial charge is 0.481 e. The van der Waals surface area contributed by atoms with Crippen molar-refractivity contribution in [3.8, 4) is 5.75 Å². The molecule has 1 atom stereocenters. The fourth-order valence-electron chi connectivity index (χ4n) is 2.15. The summed E-state index contributed by atoms with van der Waals surface area (Å²) in [6, 6.07) is 17.6. The lowest BCUT2D eigenvalue weighted by molar-refractivity contribution is -0.127. The van der Waals surface area contributed by atoms with Gasteiger partial charge in [0.05, 0.1) is 10.0 Å². The van der Waals surface area contributed by atoms with Crippen LogP contribution in [0.2, 0.25) is 0 Å². The number of carbonyl (C=O) groups excluding carboxylic acids is 1. The molecule has 24 heavy (non-hydrogen) atoms. The highest BCUT2D eigenvalue weighted by molar-refractivity contribution is 9.11. The van der Waals surface area contributed by atoms with E-state index in [1.807, 2.05) is 54.6 Å². The lowest BCUT2D eigenvalue weighted by Gasteiger charge is -2.13. The van der Waals surface area contributed by atoms with E-state index in [1.54, 1.807) is 13.1 Å². The molecule has 0 fully saturated rings. The number of hydrazone groups is 1. The number of benzene rings is 2. The van der Waals surface area contributed by atoms with E-state index in [1.165, 1.54) is 11.3 Å². The number of fused-ring (bicyclic) bond motifs is 1. The van der Waals surface area contributed by atoms with Gasteiger partial charge >= 0.3 is 0 Å². The van der Waals surface area contributed by atoms with E-state index >= 15 is 0 Å². The highest BCUT2D eigenvalue weighted by Gasteiger charge is 2.14. The summed E-state index contributed by atoms with van der Waals surface area (Å²) in [7, 11) is 0. The van der Waals surface area contributed by atoms with E-state index in [2.05, 4.69) is 26.5 Å². The quantitative estimate of drug-likeness (QED) is 0.501. The molecular formula is C18H15BrN2O2S. The molecule has 6 heteroatoms. The molecule has 1 heterocycles. The molecule has 0 aliphatic heterocycles. The van der Waals surface area contributed by atoms with Crippen LogP contribution < -0.4 is 10.2 Å². The molecule has 0 radical (unpaired) electrons. The minimum atomic E-state index is -0.640. The third kappa shape index (κ3) is 4.21. The van der Waals surface area contributed by atoms with Gasteiger partial charge in [0, 0.05) is 4.88 Å². The van der Waals surface area contributed by atoms with Crippen LogP contribution in [0.3, 0.4) is 0 Å². The maximum absolute atomic E-state index is 12.1. The summed E-state index contributed by atoms with van der Waals surface area (Å²) in [6.45, 7) is 1.70. The van der Waals surface area contributed by atoms with Crippen LogP contribution >= 0.6 is 27.3 Å². The Morgan fingerprint density at radius 3 is 2.75 bits per heavy atom. The van der Waals surface area contributed by atoms with Crippen LogP contribution in [-0.2, 0) is 4.79 Å². The summed E-state index contributed by atoms with van der Waals surface area (Å²) in [5, 5.41) is 6.16. The average molecular weight is 403 g/mol. The first-order chi connectivity index (χ1) is 11.6. The molecule has 2 aromatic carbocycles. The predicted octanol–water partition coefficient (Wildman–Crippen LogP) is 4.58. The normalized spacial score (nSPS) is 12.4. The Bertz CT molecular complexity index is 891. The number of ether oxygens (including phenoxy) is 1. The molecule has 1 amide bonds. The number of amides is 1. The second kappa shape index (κ2) is 7.59. The number of halogens is 1. The summed E-state index contributed by atoms with van der Waals surface area (Å²) in [5.41, 5.74) is 2.49. The molecule has 3 aromatic rings. The van der Waals surface area contributed by atoms with Gasteiger partial charge in [0.15, 0.2) is 6.10 Å². The zero-order valence-electron chi connectivity index (χ0n) is 12.9. The van der Waals surface area contributed by atoms with E-state index in [0.29, 0.717) is 5.75 Å². The Balaban J connectivity index is 1.59. The lowest BCUT2D eigenvalue weighted by atomic mass is 10.1. The third-order valence-corrected chi connectivity index (χ3v) is 4.92. The van der Waals surface area contributed by atoms with Crippen LogP contribution in [0.5, 0.6) is 5.75 Å². The molecule has 0 unspecified atom stereocenters. The lowest BCUT2D eigenvalue weighted by Crippen LogP contribution is -2.33.